The molecule has 0 aliphatic heterocycles. The highest BCUT2D eigenvalue weighted by molar-refractivity contribution is 6.20. The van der Waals surface area contributed by atoms with E-state index in [4.69, 9.17) is 9.97 Å². The number of rotatable bonds is 5. The zero-order chi connectivity index (χ0) is 37.2. The van der Waals surface area contributed by atoms with Gasteiger partial charge in [-0.2, -0.15) is 0 Å². The van der Waals surface area contributed by atoms with Crippen LogP contribution in [-0.2, 0) is 5.41 Å². The van der Waals surface area contributed by atoms with Crippen molar-refractivity contribution in [3.63, 3.8) is 0 Å². The third kappa shape index (κ3) is 4.96. The summed E-state index contributed by atoms with van der Waals surface area (Å²) in [7, 11) is 0. The van der Waals surface area contributed by atoms with Crippen molar-refractivity contribution in [2.75, 3.05) is 0 Å². The standard InChI is InChI=1S/C54H36N2/c1-54(40-22-6-3-7-23-40)48-29-13-12-26-43(48)45-27-15-28-46(52(45)54)50-34-49(55-53(56-50)36-17-4-2-5-18-36)38-20-14-21-39(32-38)51-42-25-11-9-19-37(42)33-47-41-24-10-8-16-35(41)30-31-44(47)51/h2-34H,1H3. The van der Waals surface area contributed by atoms with Gasteiger partial charge in [0.25, 0.3) is 0 Å². The van der Waals surface area contributed by atoms with Crippen molar-refractivity contribution in [3.8, 4) is 56.2 Å². The normalized spacial score (nSPS) is 14.6. The summed E-state index contributed by atoms with van der Waals surface area (Å²) < 4.78 is 0. The smallest absolute Gasteiger partial charge is 0.160 e. The second kappa shape index (κ2) is 12.7. The van der Waals surface area contributed by atoms with Crippen molar-refractivity contribution >= 4 is 32.3 Å². The largest absolute Gasteiger partial charge is 0.228 e. The van der Waals surface area contributed by atoms with Gasteiger partial charge in [-0.15, -0.1) is 0 Å². The van der Waals surface area contributed by atoms with E-state index in [2.05, 4.69) is 201 Å². The molecule has 1 aromatic heterocycles. The van der Waals surface area contributed by atoms with E-state index < -0.39 is 0 Å². The number of hydrogen-bond donors (Lipinski definition) is 0. The van der Waals surface area contributed by atoms with Gasteiger partial charge >= 0.3 is 0 Å². The average molecular weight is 713 g/mol. The Labute approximate surface area is 326 Å². The fourth-order valence-corrected chi connectivity index (χ4v) is 9.30. The van der Waals surface area contributed by atoms with Crippen LogP contribution in [0.4, 0.5) is 0 Å². The average Bonchev–Trinajstić information content (AvgIpc) is 3.54. The van der Waals surface area contributed by atoms with E-state index in [0.29, 0.717) is 5.82 Å². The van der Waals surface area contributed by atoms with Crippen LogP contribution in [0.25, 0.3) is 88.5 Å². The zero-order valence-electron chi connectivity index (χ0n) is 30.9. The van der Waals surface area contributed by atoms with Gasteiger partial charge in [-0.3, -0.25) is 0 Å². The fourth-order valence-electron chi connectivity index (χ4n) is 9.30. The van der Waals surface area contributed by atoms with Gasteiger partial charge in [0.1, 0.15) is 0 Å². The molecule has 1 aliphatic carbocycles. The molecule has 10 aromatic rings. The quantitative estimate of drug-likeness (QED) is 0.131. The van der Waals surface area contributed by atoms with Gasteiger partial charge in [-0.25, -0.2) is 9.97 Å². The number of hydrogen-bond acceptors (Lipinski definition) is 2. The van der Waals surface area contributed by atoms with E-state index in [1.54, 1.807) is 0 Å². The molecule has 1 atom stereocenters. The maximum absolute atomic E-state index is 5.38. The lowest BCUT2D eigenvalue weighted by molar-refractivity contribution is 0.715. The molecule has 56 heavy (non-hydrogen) atoms. The van der Waals surface area contributed by atoms with Crippen LogP contribution >= 0.6 is 0 Å². The molecule has 2 nitrogen and oxygen atoms in total. The van der Waals surface area contributed by atoms with Gasteiger partial charge in [-0.05, 0) is 96.4 Å². The molecule has 11 rings (SSSR count). The van der Waals surface area contributed by atoms with Gasteiger partial charge in [0, 0.05) is 22.1 Å². The second-order valence-corrected chi connectivity index (χ2v) is 15.0. The first-order chi connectivity index (χ1) is 27.6. The maximum atomic E-state index is 5.38. The second-order valence-electron chi connectivity index (χ2n) is 15.0. The van der Waals surface area contributed by atoms with Crippen LogP contribution in [0.3, 0.4) is 0 Å². The Hall–Kier alpha value is -7.16. The van der Waals surface area contributed by atoms with Crippen LogP contribution < -0.4 is 0 Å². The van der Waals surface area contributed by atoms with Crippen LogP contribution in [0, 0.1) is 0 Å². The highest BCUT2D eigenvalue weighted by atomic mass is 14.9. The van der Waals surface area contributed by atoms with Gasteiger partial charge in [-0.1, -0.05) is 182 Å². The third-order valence-corrected chi connectivity index (χ3v) is 11.9. The molecular formula is C54H36N2. The fraction of sp³-hybridized carbons (Fsp3) is 0.0370. The molecule has 262 valence electrons. The van der Waals surface area contributed by atoms with Crippen LogP contribution in [0.5, 0.6) is 0 Å². The molecule has 2 heteroatoms. The van der Waals surface area contributed by atoms with Crippen molar-refractivity contribution in [3.05, 3.63) is 217 Å². The van der Waals surface area contributed by atoms with Crippen molar-refractivity contribution in [2.45, 2.75) is 12.3 Å². The summed E-state index contributed by atoms with van der Waals surface area (Å²) in [6, 6.07) is 72.3. The van der Waals surface area contributed by atoms with Gasteiger partial charge in [0.05, 0.1) is 11.4 Å². The molecule has 1 heterocycles. The van der Waals surface area contributed by atoms with E-state index in [1.165, 1.54) is 65.7 Å². The minimum atomic E-state index is -0.374. The SMILES string of the molecule is CC1(c2ccccc2)c2ccccc2-c2cccc(-c3cc(-c4cccc(-c5c6ccccc6cc6c5ccc5ccccc56)c4)nc(-c4ccccc4)n3)c21. The Bertz CT molecular complexity index is 3150. The first-order valence-electron chi connectivity index (χ1n) is 19.3. The minimum Gasteiger partial charge on any atom is -0.228 e. The van der Waals surface area contributed by atoms with Crippen LogP contribution in [-0.4, -0.2) is 9.97 Å². The number of fused-ring (bicyclic) bond motifs is 7. The summed E-state index contributed by atoms with van der Waals surface area (Å²) in [6.45, 7) is 2.37. The summed E-state index contributed by atoms with van der Waals surface area (Å²) in [5.74, 6) is 0.708. The summed E-state index contributed by atoms with van der Waals surface area (Å²) in [5, 5.41) is 7.48. The monoisotopic (exact) mass is 712 g/mol. The summed E-state index contributed by atoms with van der Waals surface area (Å²) in [6.07, 6.45) is 0. The van der Waals surface area contributed by atoms with Gasteiger partial charge < -0.3 is 0 Å². The van der Waals surface area contributed by atoms with E-state index in [0.717, 1.165) is 33.6 Å². The van der Waals surface area contributed by atoms with Crippen molar-refractivity contribution < 1.29 is 0 Å². The number of aromatic nitrogens is 2. The summed E-state index contributed by atoms with van der Waals surface area (Å²) in [5.41, 5.74) is 13.4. The van der Waals surface area contributed by atoms with E-state index in [9.17, 15) is 0 Å². The van der Waals surface area contributed by atoms with Gasteiger partial charge in [0.2, 0.25) is 0 Å². The molecule has 0 bridgehead atoms. The van der Waals surface area contributed by atoms with E-state index in [-0.39, 0.29) is 5.41 Å². The first kappa shape index (κ1) is 32.3. The molecule has 0 fully saturated rings. The minimum absolute atomic E-state index is 0.374. The van der Waals surface area contributed by atoms with Crippen molar-refractivity contribution in [2.24, 2.45) is 0 Å². The van der Waals surface area contributed by atoms with Crippen LogP contribution in [0.2, 0.25) is 0 Å². The lowest BCUT2D eigenvalue weighted by Crippen LogP contribution is -2.23. The summed E-state index contributed by atoms with van der Waals surface area (Å²) >= 11 is 0. The number of benzene rings is 9. The van der Waals surface area contributed by atoms with Crippen LogP contribution in [0.1, 0.15) is 23.6 Å². The molecule has 9 aromatic carbocycles. The van der Waals surface area contributed by atoms with Gasteiger partial charge in [0.15, 0.2) is 5.82 Å². The zero-order valence-corrected chi connectivity index (χ0v) is 30.9. The molecule has 0 saturated carbocycles. The Kier molecular flexibility index (Phi) is 7.33. The Morgan fingerprint density at radius 3 is 1.86 bits per heavy atom. The molecule has 0 saturated heterocycles. The van der Waals surface area contributed by atoms with Crippen LogP contribution in [0.15, 0.2) is 200 Å². The van der Waals surface area contributed by atoms with E-state index in [1.807, 2.05) is 6.07 Å². The molecule has 0 spiro atoms. The predicted octanol–water partition coefficient (Wildman–Crippen LogP) is 13.9. The molecule has 0 radical (unpaired) electrons. The highest BCUT2D eigenvalue weighted by Gasteiger charge is 2.42. The highest BCUT2D eigenvalue weighted by Crippen LogP contribution is 2.55. The Balaban J connectivity index is 1.15. The molecule has 1 aliphatic rings. The topological polar surface area (TPSA) is 25.8 Å². The molecule has 1 unspecified atom stereocenters. The van der Waals surface area contributed by atoms with E-state index >= 15 is 0 Å². The van der Waals surface area contributed by atoms with Crippen molar-refractivity contribution in [1.29, 1.82) is 0 Å². The first-order valence-corrected chi connectivity index (χ1v) is 19.3. The number of nitrogens with zero attached hydrogens (tertiary/aromatic N) is 2. The Morgan fingerprint density at radius 2 is 1.00 bits per heavy atom. The molecule has 0 amide bonds. The molecule has 0 N–H and O–H groups in total. The third-order valence-electron chi connectivity index (χ3n) is 11.9. The Morgan fingerprint density at radius 1 is 0.375 bits per heavy atom. The maximum Gasteiger partial charge on any atom is 0.160 e. The predicted molar refractivity (Wildman–Crippen MR) is 234 cm³/mol. The lowest BCUT2D eigenvalue weighted by Gasteiger charge is -2.30. The summed E-state index contributed by atoms with van der Waals surface area (Å²) in [4.78, 5) is 10.7. The molecular weight excluding hydrogens is 677 g/mol. The lowest BCUT2D eigenvalue weighted by atomic mass is 9.72. The van der Waals surface area contributed by atoms with Crippen molar-refractivity contribution in [1.82, 2.24) is 9.97 Å².